The van der Waals surface area contributed by atoms with Crippen LogP contribution in [-0.2, 0) is 16.1 Å². The van der Waals surface area contributed by atoms with E-state index in [4.69, 9.17) is 5.11 Å². The van der Waals surface area contributed by atoms with Crippen molar-refractivity contribution in [1.29, 1.82) is 0 Å². The number of aryl methyl sites for hydroxylation is 1. The summed E-state index contributed by atoms with van der Waals surface area (Å²) in [4.78, 5) is 26.6. The molecule has 1 heterocycles. The first-order chi connectivity index (χ1) is 9.15. The molecule has 19 heavy (non-hydrogen) atoms. The Morgan fingerprint density at radius 2 is 2.26 bits per heavy atom. The number of carboxylic acid groups (broad SMARTS) is 1. The van der Waals surface area contributed by atoms with E-state index in [-0.39, 0.29) is 17.9 Å². The standard InChI is InChI=1S/C13H19N3O3/c17-12(4-6-16-7-5-14-9-16)15-11-3-1-2-10(8-11)13(18)19/h5,7,9-11H,1-4,6,8H2,(H,15,17)(H,18,19). The second-order valence-electron chi connectivity index (χ2n) is 5.02. The van der Waals surface area contributed by atoms with Crippen LogP contribution in [0.25, 0.3) is 0 Å². The van der Waals surface area contributed by atoms with E-state index in [0.29, 0.717) is 19.4 Å². The smallest absolute Gasteiger partial charge is 0.306 e. The van der Waals surface area contributed by atoms with Gasteiger partial charge in [-0.3, -0.25) is 9.59 Å². The zero-order chi connectivity index (χ0) is 13.7. The van der Waals surface area contributed by atoms with Gasteiger partial charge >= 0.3 is 5.97 Å². The van der Waals surface area contributed by atoms with Gasteiger partial charge in [0.2, 0.25) is 5.91 Å². The molecule has 0 bridgehead atoms. The number of carboxylic acids is 1. The number of rotatable bonds is 5. The van der Waals surface area contributed by atoms with Crippen LogP contribution < -0.4 is 5.32 Å². The van der Waals surface area contributed by atoms with Crippen molar-refractivity contribution in [1.82, 2.24) is 14.9 Å². The molecule has 0 aliphatic heterocycles. The molecule has 2 atom stereocenters. The molecule has 6 heteroatoms. The van der Waals surface area contributed by atoms with Crippen LogP contribution in [0, 0.1) is 5.92 Å². The molecule has 6 nitrogen and oxygen atoms in total. The topological polar surface area (TPSA) is 84.2 Å². The quantitative estimate of drug-likeness (QED) is 0.833. The number of imidazole rings is 1. The van der Waals surface area contributed by atoms with E-state index in [1.807, 2.05) is 10.8 Å². The Bertz CT molecular complexity index is 430. The van der Waals surface area contributed by atoms with Gasteiger partial charge in [0.25, 0.3) is 0 Å². The highest BCUT2D eigenvalue weighted by Gasteiger charge is 2.27. The number of carbonyl (C=O) groups excluding carboxylic acids is 1. The molecule has 2 unspecified atom stereocenters. The minimum atomic E-state index is -0.752. The minimum Gasteiger partial charge on any atom is -0.481 e. The Morgan fingerprint density at radius 1 is 1.42 bits per heavy atom. The van der Waals surface area contributed by atoms with Gasteiger partial charge in [0, 0.05) is 31.4 Å². The van der Waals surface area contributed by atoms with Gasteiger partial charge in [-0.1, -0.05) is 6.42 Å². The van der Waals surface area contributed by atoms with Crippen molar-refractivity contribution in [3.8, 4) is 0 Å². The zero-order valence-corrected chi connectivity index (χ0v) is 10.8. The van der Waals surface area contributed by atoms with Crippen LogP contribution in [0.15, 0.2) is 18.7 Å². The summed E-state index contributed by atoms with van der Waals surface area (Å²) in [6, 6.07) is 0.00476. The SMILES string of the molecule is O=C(CCn1ccnc1)NC1CCCC(C(=O)O)C1. The maximum Gasteiger partial charge on any atom is 0.306 e. The number of aromatic nitrogens is 2. The Morgan fingerprint density at radius 3 is 2.95 bits per heavy atom. The largest absolute Gasteiger partial charge is 0.481 e. The summed E-state index contributed by atoms with van der Waals surface area (Å²) in [5.41, 5.74) is 0. The first kappa shape index (κ1) is 13.6. The lowest BCUT2D eigenvalue weighted by atomic mass is 9.86. The number of hydrogen-bond donors (Lipinski definition) is 2. The van der Waals surface area contributed by atoms with E-state index in [0.717, 1.165) is 19.3 Å². The van der Waals surface area contributed by atoms with Crippen LogP contribution in [0.1, 0.15) is 32.1 Å². The maximum atomic E-state index is 11.8. The van der Waals surface area contributed by atoms with Crippen LogP contribution in [-0.4, -0.2) is 32.6 Å². The van der Waals surface area contributed by atoms with Crippen LogP contribution in [0.4, 0.5) is 0 Å². The summed E-state index contributed by atoms with van der Waals surface area (Å²) in [5.74, 6) is -1.09. The zero-order valence-electron chi connectivity index (χ0n) is 10.8. The Hall–Kier alpha value is -1.85. The molecular formula is C13H19N3O3. The lowest BCUT2D eigenvalue weighted by molar-refractivity contribution is -0.143. The molecule has 1 aromatic rings. The fourth-order valence-corrected chi connectivity index (χ4v) is 2.49. The number of carbonyl (C=O) groups is 2. The second kappa shape index (κ2) is 6.36. The summed E-state index contributed by atoms with van der Waals surface area (Å²) in [7, 11) is 0. The molecule has 1 aliphatic carbocycles. The van der Waals surface area contributed by atoms with Gasteiger partial charge in [0.15, 0.2) is 0 Å². The minimum absolute atomic E-state index is 0.00476. The summed E-state index contributed by atoms with van der Waals surface area (Å²) in [6.45, 7) is 0.598. The molecular weight excluding hydrogens is 246 g/mol. The molecule has 1 fully saturated rings. The van der Waals surface area contributed by atoms with Gasteiger partial charge in [0.05, 0.1) is 12.2 Å². The lowest BCUT2D eigenvalue weighted by Gasteiger charge is -2.27. The third-order valence-corrected chi connectivity index (χ3v) is 3.54. The van der Waals surface area contributed by atoms with Crippen LogP contribution >= 0.6 is 0 Å². The highest BCUT2D eigenvalue weighted by Crippen LogP contribution is 2.24. The average Bonchev–Trinajstić information content (AvgIpc) is 2.90. The van der Waals surface area contributed by atoms with E-state index >= 15 is 0 Å². The van der Waals surface area contributed by atoms with Crippen molar-refractivity contribution in [2.24, 2.45) is 5.92 Å². The van der Waals surface area contributed by atoms with Gasteiger partial charge in [-0.05, 0) is 19.3 Å². The predicted octanol–water partition coefficient (Wildman–Crippen LogP) is 1.03. The van der Waals surface area contributed by atoms with E-state index in [1.165, 1.54) is 0 Å². The van der Waals surface area contributed by atoms with E-state index in [9.17, 15) is 9.59 Å². The third-order valence-electron chi connectivity index (χ3n) is 3.54. The normalized spacial score (nSPS) is 22.9. The van der Waals surface area contributed by atoms with Gasteiger partial charge in [0.1, 0.15) is 0 Å². The van der Waals surface area contributed by atoms with Gasteiger partial charge in [-0.2, -0.15) is 0 Å². The Labute approximate surface area is 111 Å². The summed E-state index contributed by atoms with van der Waals surface area (Å²) < 4.78 is 1.85. The molecule has 0 saturated heterocycles. The van der Waals surface area contributed by atoms with Crippen molar-refractivity contribution < 1.29 is 14.7 Å². The molecule has 104 valence electrons. The number of amides is 1. The van der Waals surface area contributed by atoms with Gasteiger partial charge in [-0.25, -0.2) is 4.98 Å². The predicted molar refractivity (Wildman–Crippen MR) is 68.4 cm³/mol. The number of aliphatic carboxylic acids is 1. The van der Waals surface area contributed by atoms with Crippen molar-refractivity contribution >= 4 is 11.9 Å². The summed E-state index contributed by atoms with van der Waals surface area (Å²) >= 11 is 0. The first-order valence-electron chi connectivity index (χ1n) is 6.63. The number of hydrogen-bond acceptors (Lipinski definition) is 3. The van der Waals surface area contributed by atoms with Crippen molar-refractivity contribution in [2.75, 3.05) is 0 Å². The molecule has 2 rings (SSSR count). The van der Waals surface area contributed by atoms with Crippen molar-refractivity contribution in [3.05, 3.63) is 18.7 Å². The number of nitrogens with zero attached hydrogens (tertiary/aromatic N) is 2. The van der Waals surface area contributed by atoms with E-state index in [1.54, 1.807) is 12.5 Å². The maximum absolute atomic E-state index is 11.8. The molecule has 1 amide bonds. The Balaban J connectivity index is 1.74. The molecule has 1 aromatic heterocycles. The molecule has 1 saturated carbocycles. The second-order valence-corrected chi connectivity index (χ2v) is 5.02. The fraction of sp³-hybridized carbons (Fsp3) is 0.615. The van der Waals surface area contributed by atoms with E-state index in [2.05, 4.69) is 10.3 Å². The highest BCUT2D eigenvalue weighted by atomic mass is 16.4. The monoisotopic (exact) mass is 265 g/mol. The molecule has 0 aromatic carbocycles. The van der Waals surface area contributed by atoms with Crippen LogP contribution in [0.5, 0.6) is 0 Å². The van der Waals surface area contributed by atoms with Crippen molar-refractivity contribution in [2.45, 2.75) is 44.7 Å². The summed E-state index contributed by atoms with van der Waals surface area (Å²) in [5, 5.41) is 11.9. The molecule has 0 radical (unpaired) electrons. The molecule has 1 aliphatic rings. The molecule has 0 spiro atoms. The Kier molecular flexibility index (Phi) is 4.54. The third kappa shape index (κ3) is 4.08. The van der Waals surface area contributed by atoms with E-state index < -0.39 is 5.97 Å². The van der Waals surface area contributed by atoms with Gasteiger partial charge in [-0.15, -0.1) is 0 Å². The number of nitrogens with one attached hydrogen (secondary N) is 1. The van der Waals surface area contributed by atoms with Crippen LogP contribution in [0.2, 0.25) is 0 Å². The lowest BCUT2D eigenvalue weighted by Crippen LogP contribution is -2.40. The first-order valence-corrected chi connectivity index (χ1v) is 6.63. The van der Waals surface area contributed by atoms with Gasteiger partial charge < -0.3 is 15.0 Å². The summed E-state index contributed by atoms with van der Waals surface area (Å²) in [6.07, 6.45) is 8.57. The molecule has 2 N–H and O–H groups in total. The van der Waals surface area contributed by atoms with Crippen molar-refractivity contribution in [3.63, 3.8) is 0 Å². The average molecular weight is 265 g/mol. The highest BCUT2D eigenvalue weighted by molar-refractivity contribution is 5.76. The van der Waals surface area contributed by atoms with Crippen LogP contribution in [0.3, 0.4) is 0 Å². The fourth-order valence-electron chi connectivity index (χ4n) is 2.49.